The van der Waals surface area contributed by atoms with Gasteiger partial charge in [-0.1, -0.05) is 17.8 Å². The Labute approximate surface area is 113 Å². The fourth-order valence-electron chi connectivity index (χ4n) is 1.56. The molecule has 0 fully saturated rings. The van der Waals surface area contributed by atoms with Crippen molar-refractivity contribution in [3.8, 4) is 0 Å². The minimum absolute atomic E-state index is 0.0997. The number of thioether (sulfide) groups is 1. The summed E-state index contributed by atoms with van der Waals surface area (Å²) < 4.78 is 26.3. The molecule has 0 bridgehead atoms. The summed E-state index contributed by atoms with van der Waals surface area (Å²) in [6.07, 6.45) is 1.62. The number of carbonyl (C=O) groups excluding carboxylic acids is 1. The highest BCUT2D eigenvalue weighted by Gasteiger charge is 2.20. The van der Waals surface area contributed by atoms with Gasteiger partial charge >= 0.3 is 0 Å². The van der Waals surface area contributed by atoms with E-state index in [1.807, 2.05) is 6.07 Å². The molecule has 98 valence electrons. The third-order valence-corrected chi connectivity index (χ3v) is 3.55. The number of hydrogen-bond donors (Lipinski definition) is 0. The Balaban J connectivity index is 2.15. The number of halogens is 2. The van der Waals surface area contributed by atoms with Gasteiger partial charge in [-0.15, -0.1) is 0 Å². The van der Waals surface area contributed by atoms with Crippen LogP contribution < -0.4 is 0 Å². The molecule has 0 radical (unpaired) electrons. The number of carbonyl (C=O) groups is 1. The maximum Gasteiger partial charge on any atom is 0.178 e. The lowest BCUT2D eigenvalue weighted by Gasteiger charge is -2.10. The molecule has 0 aliphatic heterocycles. The highest BCUT2D eigenvalue weighted by atomic mass is 32.2. The molecule has 2 nitrogen and oxygen atoms in total. The van der Waals surface area contributed by atoms with Gasteiger partial charge < -0.3 is 0 Å². The molecule has 0 saturated heterocycles. The van der Waals surface area contributed by atoms with Crippen molar-refractivity contribution in [2.24, 2.45) is 0 Å². The topological polar surface area (TPSA) is 30.0 Å². The second kappa shape index (κ2) is 5.93. The molecule has 0 amide bonds. The van der Waals surface area contributed by atoms with Crippen LogP contribution in [-0.2, 0) is 0 Å². The number of rotatable bonds is 4. The molecule has 1 aromatic carbocycles. The zero-order valence-corrected chi connectivity index (χ0v) is 11.0. The van der Waals surface area contributed by atoms with Crippen molar-refractivity contribution in [3.63, 3.8) is 0 Å². The van der Waals surface area contributed by atoms with Crippen LogP contribution in [0, 0.1) is 11.6 Å². The average Bonchev–Trinajstić information content (AvgIpc) is 2.39. The Morgan fingerprint density at radius 2 is 2.05 bits per heavy atom. The third kappa shape index (κ3) is 3.38. The minimum atomic E-state index is -0.835. The molecule has 0 N–H and O–H groups in total. The van der Waals surface area contributed by atoms with E-state index in [-0.39, 0.29) is 11.3 Å². The zero-order chi connectivity index (χ0) is 13.8. The van der Waals surface area contributed by atoms with Crippen LogP contribution in [0.25, 0.3) is 0 Å². The van der Waals surface area contributed by atoms with Crippen molar-refractivity contribution in [1.29, 1.82) is 0 Å². The SMILES string of the molecule is CC(Sc1ccccn1)C(=O)c1ccc(F)cc1F. The average molecular weight is 279 g/mol. The maximum atomic E-state index is 13.5. The molecule has 0 spiro atoms. The van der Waals surface area contributed by atoms with E-state index in [1.54, 1.807) is 25.3 Å². The molecule has 2 aromatic rings. The van der Waals surface area contributed by atoms with Crippen LogP contribution in [-0.4, -0.2) is 16.0 Å². The normalized spacial score (nSPS) is 12.2. The van der Waals surface area contributed by atoms with Crippen LogP contribution in [0.15, 0.2) is 47.6 Å². The number of Topliss-reactive ketones (excluding diaryl/α,β-unsaturated/α-hetero) is 1. The van der Waals surface area contributed by atoms with Crippen LogP contribution >= 0.6 is 11.8 Å². The van der Waals surface area contributed by atoms with Crippen LogP contribution in [0.1, 0.15) is 17.3 Å². The molecule has 19 heavy (non-hydrogen) atoms. The number of pyridine rings is 1. The van der Waals surface area contributed by atoms with Crippen LogP contribution in [0.2, 0.25) is 0 Å². The van der Waals surface area contributed by atoms with Gasteiger partial charge in [-0.3, -0.25) is 4.79 Å². The van der Waals surface area contributed by atoms with Gasteiger partial charge in [-0.25, -0.2) is 13.8 Å². The molecule has 1 heterocycles. The predicted octanol–water partition coefficient (Wildman–Crippen LogP) is 3.72. The Hall–Kier alpha value is -1.75. The van der Waals surface area contributed by atoms with Crippen LogP contribution in [0.5, 0.6) is 0 Å². The first-order chi connectivity index (χ1) is 9.08. The van der Waals surface area contributed by atoms with Crippen LogP contribution in [0.4, 0.5) is 8.78 Å². The van der Waals surface area contributed by atoms with E-state index in [0.29, 0.717) is 11.1 Å². The van der Waals surface area contributed by atoms with E-state index < -0.39 is 16.9 Å². The van der Waals surface area contributed by atoms with E-state index >= 15 is 0 Å². The maximum absolute atomic E-state index is 13.5. The highest BCUT2D eigenvalue weighted by molar-refractivity contribution is 8.00. The Bertz CT molecular complexity index is 589. The van der Waals surface area contributed by atoms with Crippen molar-refractivity contribution in [1.82, 2.24) is 4.98 Å². The van der Waals surface area contributed by atoms with E-state index in [1.165, 1.54) is 17.8 Å². The summed E-state index contributed by atoms with van der Waals surface area (Å²) in [6.45, 7) is 1.67. The number of ketones is 1. The molecule has 1 aromatic heterocycles. The van der Waals surface area contributed by atoms with Crippen molar-refractivity contribution < 1.29 is 13.6 Å². The minimum Gasteiger partial charge on any atom is -0.293 e. The molecular formula is C14H11F2NOS. The summed E-state index contributed by atoms with van der Waals surface area (Å²) in [5.41, 5.74) is -0.0997. The van der Waals surface area contributed by atoms with E-state index in [2.05, 4.69) is 4.98 Å². The summed E-state index contributed by atoms with van der Waals surface area (Å²) in [4.78, 5) is 16.2. The summed E-state index contributed by atoms with van der Waals surface area (Å²) in [6, 6.07) is 8.32. The number of aromatic nitrogens is 1. The fourth-order valence-corrected chi connectivity index (χ4v) is 2.43. The van der Waals surface area contributed by atoms with Gasteiger partial charge in [0.15, 0.2) is 5.78 Å². The Morgan fingerprint density at radius 3 is 2.68 bits per heavy atom. The molecule has 0 saturated carbocycles. The monoisotopic (exact) mass is 279 g/mol. The Kier molecular flexibility index (Phi) is 4.27. The number of hydrogen-bond acceptors (Lipinski definition) is 3. The van der Waals surface area contributed by atoms with E-state index in [4.69, 9.17) is 0 Å². The summed E-state index contributed by atoms with van der Waals surface area (Å²) in [5, 5.41) is 0.195. The van der Waals surface area contributed by atoms with Crippen molar-refractivity contribution in [2.75, 3.05) is 0 Å². The van der Waals surface area contributed by atoms with Crippen molar-refractivity contribution in [3.05, 3.63) is 59.8 Å². The van der Waals surface area contributed by atoms with E-state index in [0.717, 1.165) is 6.07 Å². The summed E-state index contributed by atoms with van der Waals surface area (Å²) in [5.74, 6) is -1.91. The van der Waals surface area contributed by atoms with Gasteiger partial charge in [0.1, 0.15) is 11.6 Å². The third-order valence-electron chi connectivity index (χ3n) is 2.50. The van der Waals surface area contributed by atoms with Crippen molar-refractivity contribution >= 4 is 17.5 Å². The summed E-state index contributed by atoms with van der Waals surface area (Å²) >= 11 is 1.24. The lowest BCUT2D eigenvalue weighted by atomic mass is 10.1. The molecule has 0 aliphatic rings. The smallest absolute Gasteiger partial charge is 0.178 e. The van der Waals surface area contributed by atoms with Gasteiger partial charge in [0.25, 0.3) is 0 Å². The molecule has 5 heteroatoms. The fraction of sp³-hybridized carbons (Fsp3) is 0.143. The second-order valence-corrected chi connectivity index (χ2v) is 5.28. The van der Waals surface area contributed by atoms with Crippen LogP contribution in [0.3, 0.4) is 0 Å². The molecule has 0 aliphatic carbocycles. The quantitative estimate of drug-likeness (QED) is 0.631. The largest absolute Gasteiger partial charge is 0.293 e. The first-order valence-electron chi connectivity index (χ1n) is 5.65. The molecule has 2 rings (SSSR count). The number of nitrogens with zero attached hydrogens (tertiary/aromatic N) is 1. The first kappa shape index (κ1) is 13.7. The Morgan fingerprint density at radius 1 is 1.26 bits per heavy atom. The van der Waals surface area contributed by atoms with Gasteiger partial charge in [-0.05, 0) is 31.2 Å². The molecule has 1 unspecified atom stereocenters. The van der Waals surface area contributed by atoms with Gasteiger partial charge in [0, 0.05) is 12.3 Å². The van der Waals surface area contributed by atoms with E-state index in [9.17, 15) is 13.6 Å². The van der Waals surface area contributed by atoms with Gasteiger partial charge in [-0.2, -0.15) is 0 Å². The van der Waals surface area contributed by atoms with Crippen molar-refractivity contribution in [2.45, 2.75) is 17.2 Å². The predicted molar refractivity (Wildman–Crippen MR) is 70.2 cm³/mol. The summed E-state index contributed by atoms with van der Waals surface area (Å²) in [7, 11) is 0. The van der Waals surface area contributed by atoms with Gasteiger partial charge in [0.2, 0.25) is 0 Å². The lowest BCUT2D eigenvalue weighted by molar-refractivity contribution is 0.0990. The molecular weight excluding hydrogens is 268 g/mol. The number of benzene rings is 1. The first-order valence-corrected chi connectivity index (χ1v) is 6.53. The standard InChI is InChI=1S/C14H11F2NOS/c1-9(19-13-4-2-3-7-17-13)14(18)11-6-5-10(15)8-12(11)16/h2-9H,1H3. The highest BCUT2D eigenvalue weighted by Crippen LogP contribution is 2.24. The zero-order valence-electron chi connectivity index (χ0n) is 10.1. The van der Waals surface area contributed by atoms with Gasteiger partial charge in [0.05, 0.1) is 15.8 Å². The second-order valence-electron chi connectivity index (χ2n) is 3.92. The lowest BCUT2D eigenvalue weighted by Crippen LogP contribution is -2.15. The molecule has 1 atom stereocenters.